The summed E-state index contributed by atoms with van der Waals surface area (Å²) in [5.74, 6) is 2.18. The second-order valence-corrected chi connectivity index (χ2v) is 12.2. The van der Waals surface area contributed by atoms with Crippen LogP contribution in [0.25, 0.3) is 0 Å². The van der Waals surface area contributed by atoms with E-state index in [1.165, 1.54) is 18.4 Å². The smallest absolute Gasteiger partial charge is 0.140 e. The van der Waals surface area contributed by atoms with Gasteiger partial charge in [-0.15, -0.1) is 0 Å². The molecular weight excluding hydrogens is 224 g/mol. The van der Waals surface area contributed by atoms with E-state index in [2.05, 4.69) is 33.5 Å². The summed E-state index contributed by atoms with van der Waals surface area (Å²) in [5.41, 5.74) is 1.47. The Hall–Kier alpha value is -0.373. The van der Waals surface area contributed by atoms with Crippen LogP contribution < -0.4 is 0 Å². The van der Waals surface area contributed by atoms with Crippen LogP contribution in [0.3, 0.4) is 0 Å². The molecule has 2 heteroatoms. The molecular formula is C15H26OSi. The molecule has 0 bridgehead atoms. The predicted octanol–water partition coefficient (Wildman–Crippen LogP) is 4.21. The lowest BCUT2D eigenvalue weighted by Gasteiger charge is -2.23. The number of carbonyl (C=O) groups excluding carboxylic acids is 1. The SMILES string of the molecule is CC1=C([Si](C)(C)C)C[C@H]2[C@@H]1C(=O)CCC[C@H]2C. The maximum Gasteiger partial charge on any atom is 0.140 e. The van der Waals surface area contributed by atoms with E-state index in [0.29, 0.717) is 11.7 Å². The lowest BCUT2D eigenvalue weighted by atomic mass is 9.81. The number of rotatable bonds is 1. The average molecular weight is 250 g/mol. The lowest BCUT2D eigenvalue weighted by Crippen LogP contribution is -2.24. The highest BCUT2D eigenvalue weighted by Gasteiger charge is 2.43. The van der Waals surface area contributed by atoms with Crippen LogP contribution in [-0.4, -0.2) is 13.9 Å². The largest absolute Gasteiger partial charge is 0.299 e. The van der Waals surface area contributed by atoms with E-state index in [4.69, 9.17) is 0 Å². The second-order valence-electron chi connectivity index (χ2n) is 7.09. The molecule has 0 aliphatic heterocycles. The standard InChI is InChI=1S/C15H26OSi/c1-10-7-6-8-13(16)15-11(2)14(9-12(10)15)17(3,4)5/h10,12,15H,6-9H2,1-5H3/t10-,12-,15-/m1/s1. The molecule has 0 aromatic heterocycles. The van der Waals surface area contributed by atoms with Gasteiger partial charge in [-0.05, 0) is 38.0 Å². The van der Waals surface area contributed by atoms with Crippen molar-refractivity contribution in [1.82, 2.24) is 0 Å². The third kappa shape index (κ3) is 2.29. The summed E-state index contributed by atoms with van der Waals surface area (Å²) in [6.45, 7) is 11.9. The van der Waals surface area contributed by atoms with Crippen LogP contribution in [0.4, 0.5) is 0 Å². The summed E-state index contributed by atoms with van der Waals surface area (Å²) in [7, 11) is -1.22. The molecule has 96 valence electrons. The zero-order valence-corrected chi connectivity index (χ0v) is 13.0. The van der Waals surface area contributed by atoms with Gasteiger partial charge in [0.1, 0.15) is 5.78 Å². The summed E-state index contributed by atoms with van der Waals surface area (Å²) < 4.78 is 0. The highest BCUT2D eigenvalue weighted by molar-refractivity contribution is 6.83. The van der Waals surface area contributed by atoms with Gasteiger partial charge < -0.3 is 0 Å². The highest BCUT2D eigenvalue weighted by Crippen LogP contribution is 2.47. The normalized spacial score (nSPS) is 34.9. The van der Waals surface area contributed by atoms with Crippen LogP contribution in [0.1, 0.15) is 39.5 Å². The van der Waals surface area contributed by atoms with Crippen LogP contribution in [0.15, 0.2) is 10.8 Å². The first-order valence-electron chi connectivity index (χ1n) is 7.05. The van der Waals surface area contributed by atoms with Gasteiger partial charge in [0.2, 0.25) is 0 Å². The molecule has 1 saturated carbocycles. The minimum absolute atomic E-state index is 0.286. The number of Topliss-reactive ketones (excluding diaryl/α,β-unsaturated/α-hetero) is 1. The molecule has 0 N–H and O–H groups in total. The molecule has 3 atom stereocenters. The Labute approximate surface area is 107 Å². The fourth-order valence-electron chi connectivity index (χ4n) is 3.90. The van der Waals surface area contributed by atoms with Crippen LogP contribution in [0, 0.1) is 17.8 Å². The third-order valence-corrected chi connectivity index (χ3v) is 7.29. The summed E-state index contributed by atoms with van der Waals surface area (Å²) in [6, 6.07) is 0. The van der Waals surface area contributed by atoms with E-state index in [1.807, 2.05) is 0 Å². The highest BCUT2D eigenvalue weighted by atomic mass is 28.3. The minimum Gasteiger partial charge on any atom is -0.299 e. The first-order chi connectivity index (χ1) is 7.82. The second kappa shape index (κ2) is 4.38. The molecule has 0 radical (unpaired) electrons. The van der Waals surface area contributed by atoms with Gasteiger partial charge in [0.25, 0.3) is 0 Å². The molecule has 2 rings (SSSR count). The van der Waals surface area contributed by atoms with Crippen molar-refractivity contribution in [2.24, 2.45) is 17.8 Å². The van der Waals surface area contributed by atoms with Crippen molar-refractivity contribution in [3.8, 4) is 0 Å². The Bertz CT molecular complexity index is 362. The topological polar surface area (TPSA) is 17.1 Å². The Balaban J connectivity index is 2.37. The van der Waals surface area contributed by atoms with Gasteiger partial charge in [-0.25, -0.2) is 0 Å². The molecule has 0 aromatic rings. The van der Waals surface area contributed by atoms with Gasteiger partial charge in [-0.2, -0.15) is 0 Å². The van der Waals surface area contributed by atoms with Crippen LogP contribution in [0.5, 0.6) is 0 Å². The van der Waals surface area contributed by atoms with Gasteiger partial charge in [0, 0.05) is 12.3 Å². The number of allylic oxidation sites excluding steroid dienone is 2. The maximum atomic E-state index is 12.3. The zero-order valence-electron chi connectivity index (χ0n) is 12.0. The predicted molar refractivity (Wildman–Crippen MR) is 75.7 cm³/mol. The minimum atomic E-state index is -1.22. The van der Waals surface area contributed by atoms with Crippen molar-refractivity contribution in [3.05, 3.63) is 10.8 Å². The van der Waals surface area contributed by atoms with E-state index >= 15 is 0 Å². The van der Waals surface area contributed by atoms with E-state index < -0.39 is 8.07 Å². The Morgan fingerprint density at radius 2 is 1.88 bits per heavy atom. The fourth-order valence-corrected chi connectivity index (χ4v) is 6.09. The molecule has 1 nitrogen and oxygen atoms in total. The van der Waals surface area contributed by atoms with E-state index in [-0.39, 0.29) is 5.92 Å². The summed E-state index contributed by atoms with van der Waals surface area (Å²) in [5, 5.41) is 1.69. The number of fused-ring (bicyclic) bond motifs is 1. The van der Waals surface area contributed by atoms with Crippen LogP contribution >= 0.6 is 0 Å². The molecule has 2 aliphatic rings. The molecule has 0 unspecified atom stereocenters. The lowest BCUT2D eigenvalue weighted by molar-refractivity contribution is -0.122. The quantitative estimate of drug-likeness (QED) is 0.637. The van der Waals surface area contributed by atoms with Gasteiger partial charge in [-0.1, -0.05) is 37.3 Å². The number of hydrogen-bond acceptors (Lipinski definition) is 1. The number of ketones is 1. The summed E-state index contributed by atoms with van der Waals surface area (Å²) in [6.07, 6.45) is 4.41. The first kappa shape index (κ1) is 13.1. The molecule has 2 aliphatic carbocycles. The number of carbonyl (C=O) groups is 1. The van der Waals surface area contributed by atoms with E-state index in [0.717, 1.165) is 18.8 Å². The van der Waals surface area contributed by atoms with Crippen molar-refractivity contribution in [1.29, 1.82) is 0 Å². The first-order valence-corrected chi connectivity index (χ1v) is 10.5. The number of hydrogen-bond donors (Lipinski definition) is 0. The van der Waals surface area contributed by atoms with Crippen LogP contribution in [-0.2, 0) is 4.79 Å². The Kier molecular flexibility index (Phi) is 3.37. The van der Waals surface area contributed by atoms with Gasteiger partial charge in [-0.3, -0.25) is 4.79 Å². The van der Waals surface area contributed by atoms with Crippen molar-refractivity contribution in [2.45, 2.75) is 59.2 Å². The van der Waals surface area contributed by atoms with E-state index in [1.54, 1.807) is 5.20 Å². The zero-order chi connectivity index (χ0) is 12.8. The van der Waals surface area contributed by atoms with Crippen molar-refractivity contribution < 1.29 is 4.79 Å². The van der Waals surface area contributed by atoms with Gasteiger partial charge in [0.05, 0.1) is 8.07 Å². The molecule has 1 fully saturated rings. The monoisotopic (exact) mass is 250 g/mol. The third-order valence-electron chi connectivity index (χ3n) is 4.88. The molecule has 0 heterocycles. The molecule has 0 spiro atoms. The average Bonchev–Trinajstić information content (AvgIpc) is 2.47. The fraction of sp³-hybridized carbons (Fsp3) is 0.800. The van der Waals surface area contributed by atoms with Gasteiger partial charge in [0.15, 0.2) is 0 Å². The van der Waals surface area contributed by atoms with E-state index in [9.17, 15) is 4.79 Å². The van der Waals surface area contributed by atoms with Crippen LogP contribution in [0.2, 0.25) is 19.6 Å². The Morgan fingerprint density at radius 1 is 1.24 bits per heavy atom. The van der Waals surface area contributed by atoms with Crippen molar-refractivity contribution in [3.63, 3.8) is 0 Å². The maximum absolute atomic E-state index is 12.3. The molecule has 0 amide bonds. The van der Waals surface area contributed by atoms with Gasteiger partial charge >= 0.3 is 0 Å². The summed E-state index contributed by atoms with van der Waals surface area (Å²) in [4.78, 5) is 12.3. The molecule has 0 saturated heterocycles. The van der Waals surface area contributed by atoms with Crippen molar-refractivity contribution in [2.75, 3.05) is 0 Å². The van der Waals surface area contributed by atoms with Crippen molar-refractivity contribution >= 4 is 13.9 Å². The molecule has 0 aromatic carbocycles. The Morgan fingerprint density at radius 3 is 2.47 bits per heavy atom. The summed E-state index contributed by atoms with van der Waals surface area (Å²) >= 11 is 0. The molecule has 17 heavy (non-hydrogen) atoms.